The van der Waals surface area contributed by atoms with Gasteiger partial charge in [-0.3, -0.25) is 0 Å². The molecule has 0 fully saturated rings. The predicted octanol–water partition coefficient (Wildman–Crippen LogP) is 3.74. The molecule has 0 saturated heterocycles. The number of benzene rings is 1. The minimum atomic E-state index is -1.08. The molecule has 0 atom stereocenters. The van der Waals surface area contributed by atoms with Crippen LogP contribution in [-0.4, -0.2) is 22.3 Å². The highest BCUT2D eigenvalue weighted by molar-refractivity contribution is 6.30. The van der Waals surface area contributed by atoms with Gasteiger partial charge in [-0.25, -0.2) is 19.2 Å². The van der Waals surface area contributed by atoms with Crippen molar-refractivity contribution in [1.82, 2.24) is 9.97 Å². The van der Waals surface area contributed by atoms with E-state index in [2.05, 4.69) is 21.5 Å². The normalized spacial score (nSPS) is 10.5. The lowest BCUT2D eigenvalue weighted by molar-refractivity contribution is 0.147. The highest BCUT2D eigenvalue weighted by atomic mass is 35.5. The van der Waals surface area contributed by atoms with Crippen LogP contribution in [0.2, 0.25) is 5.02 Å². The molecule has 0 unspecified atom stereocenters. The molecule has 2 aromatic rings. The lowest BCUT2D eigenvalue weighted by Crippen LogP contribution is -2.15. The van der Waals surface area contributed by atoms with Crippen molar-refractivity contribution < 1.29 is 18.7 Å². The molecule has 0 saturated carbocycles. The molecule has 0 N–H and O–H groups in total. The zero-order chi connectivity index (χ0) is 15.9. The van der Waals surface area contributed by atoms with Crippen molar-refractivity contribution >= 4 is 29.8 Å². The maximum Gasteiger partial charge on any atom is 0.521 e. The second kappa shape index (κ2) is 7.28. The summed E-state index contributed by atoms with van der Waals surface area (Å²) in [5, 5.41) is 0.493. The van der Waals surface area contributed by atoms with Crippen molar-refractivity contribution in [2.45, 2.75) is 0 Å². The van der Waals surface area contributed by atoms with E-state index >= 15 is 0 Å². The SMILES string of the molecule is C=C/C=N/c1nc(OC(=O)Oc2ccc(Cl)cc2)ncc1F. The second-order valence-corrected chi connectivity index (χ2v) is 4.18. The van der Waals surface area contributed by atoms with Crippen LogP contribution in [0.4, 0.5) is 15.0 Å². The summed E-state index contributed by atoms with van der Waals surface area (Å²) in [5.41, 5.74) is 0. The third-order valence-electron chi connectivity index (χ3n) is 2.20. The summed E-state index contributed by atoms with van der Waals surface area (Å²) in [6.45, 7) is 3.40. The Labute approximate surface area is 129 Å². The van der Waals surface area contributed by atoms with Crippen LogP contribution in [0.1, 0.15) is 0 Å². The van der Waals surface area contributed by atoms with E-state index in [9.17, 15) is 9.18 Å². The third kappa shape index (κ3) is 4.35. The Hall–Kier alpha value is -2.80. The lowest BCUT2D eigenvalue weighted by Gasteiger charge is -2.04. The fourth-order valence-corrected chi connectivity index (χ4v) is 1.43. The van der Waals surface area contributed by atoms with Crippen molar-refractivity contribution in [3.05, 3.63) is 54.0 Å². The van der Waals surface area contributed by atoms with Crippen LogP contribution in [-0.2, 0) is 0 Å². The molecule has 0 radical (unpaired) electrons. The molecule has 1 aromatic carbocycles. The Balaban J connectivity index is 2.06. The number of rotatable bonds is 4. The summed E-state index contributed by atoms with van der Waals surface area (Å²) in [7, 11) is 0. The third-order valence-corrected chi connectivity index (χ3v) is 2.45. The van der Waals surface area contributed by atoms with Crippen LogP contribution >= 0.6 is 11.6 Å². The number of aliphatic imine (C=N–C) groups is 1. The molecule has 2 rings (SSSR count). The van der Waals surface area contributed by atoms with Crippen molar-refractivity contribution in [3.63, 3.8) is 0 Å². The minimum Gasteiger partial charge on any atom is -0.395 e. The molecule has 0 aliphatic carbocycles. The fourth-order valence-electron chi connectivity index (χ4n) is 1.30. The molecule has 0 aliphatic rings. The van der Waals surface area contributed by atoms with Gasteiger partial charge >= 0.3 is 12.2 Å². The molecule has 6 nitrogen and oxygen atoms in total. The molecule has 22 heavy (non-hydrogen) atoms. The smallest absolute Gasteiger partial charge is 0.395 e. The van der Waals surface area contributed by atoms with Crippen LogP contribution < -0.4 is 9.47 Å². The van der Waals surface area contributed by atoms with Crippen molar-refractivity contribution in [1.29, 1.82) is 0 Å². The number of carbonyl (C=O) groups is 1. The molecule has 112 valence electrons. The Bertz CT molecular complexity index is 720. The van der Waals surface area contributed by atoms with E-state index in [1.54, 1.807) is 12.1 Å². The van der Waals surface area contributed by atoms with Crippen LogP contribution in [0.15, 0.2) is 48.1 Å². The number of halogens is 2. The van der Waals surface area contributed by atoms with E-state index in [1.165, 1.54) is 24.4 Å². The van der Waals surface area contributed by atoms with Gasteiger partial charge in [-0.15, -0.1) is 0 Å². The topological polar surface area (TPSA) is 73.7 Å². The highest BCUT2D eigenvalue weighted by Gasteiger charge is 2.12. The molecule has 0 spiro atoms. The molecular weight excluding hydrogens is 313 g/mol. The maximum atomic E-state index is 13.4. The van der Waals surface area contributed by atoms with E-state index in [1.807, 2.05) is 0 Å². The van der Waals surface area contributed by atoms with Gasteiger partial charge in [0.15, 0.2) is 11.6 Å². The number of allylic oxidation sites excluding steroid dienone is 1. The number of nitrogens with zero attached hydrogens (tertiary/aromatic N) is 3. The first-order chi connectivity index (χ1) is 10.6. The Morgan fingerprint density at radius 2 is 2.05 bits per heavy atom. The zero-order valence-corrected chi connectivity index (χ0v) is 11.8. The summed E-state index contributed by atoms with van der Waals surface area (Å²) < 4.78 is 23.0. The zero-order valence-electron chi connectivity index (χ0n) is 11.1. The van der Waals surface area contributed by atoms with E-state index in [-0.39, 0.29) is 11.6 Å². The lowest BCUT2D eigenvalue weighted by atomic mass is 10.3. The van der Waals surface area contributed by atoms with Gasteiger partial charge in [-0.1, -0.05) is 24.3 Å². The Morgan fingerprint density at radius 3 is 2.73 bits per heavy atom. The molecule has 0 aliphatic heterocycles. The average Bonchev–Trinajstić information content (AvgIpc) is 2.50. The predicted molar refractivity (Wildman–Crippen MR) is 78.4 cm³/mol. The largest absolute Gasteiger partial charge is 0.521 e. The summed E-state index contributed by atoms with van der Waals surface area (Å²) >= 11 is 5.70. The number of hydrogen-bond donors (Lipinski definition) is 0. The summed E-state index contributed by atoms with van der Waals surface area (Å²) in [4.78, 5) is 22.4. The van der Waals surface area contributed by atoms with Crippen LogP contribution in [0.3, 0.4) is 0 Å². The molecule has 0 bridgehead atoms. The highest BCUT2D eigenvalue weighted by Crippen LogP contribution is 2.18. The summed E-state index contributed by atoms with van der Waals surface area (Å²) in [5.74, 6) is -0.831. The van der Waals surface area contributed by atoms with E-state index in [0.29, 0.717) is 5.02 Å². The van der Waals surface area contributed by atoms with Crippen molar-refractivity contribution in [2.24, 2.45) is 4.99 Å². The number of carbonyl (C=O) groups excluding carboxylic acids is 1. The van der Waals surface area contributed by atoms with E-state index in [4.69, 9.17) is 21.1 Å². The molecule has 8 heteroatoms. The van der Waals surface area contributed by atoms with Crippen molar-refractivity contribution in [3.8, 4) is 11.8 Å². The standard InChI is InChI=1S/C14H9ClFN3O3/c1-2-7-17-12-11(16)8-18-13(19-12)22-14(20)21-10-5-3-9(15)4-6-10/h2-8H,1H2/b17-7+. The molecule has 0 amide bonds. The van der Waals surface area contributed by atoms with Gasteiger partial charge in [0.2, 0.25) is 0 Å². The summed E-state index contributed by atoms with van der Waals surface area (Å²) in [6, 6.07) is 5.65. The van der Waals surface area contributed by atoms with Gasteiger partial charge in [0.25, 0.3) is 0 Å². The van der Waals surface area contributed by atoms with Gasteiger partial charge < -0.3 is 9.47 Å². The van der Waals surface area contributed by atoms with Gasteiger partial charge in [-0.2, -0.15) is 4.98 Å². The molecule has 1 heterocycles. The van der Waals surface area contributed by atoms with Crippen molar-refractivity contribution in [2.75, 3.05) is 0 Å². The van der Waals surface area contributed by atoms with Crippen LogP contribution in [0, 0.1) is 5.82 Å². The Kier molecular flexibility index (Phi) is 5.16. The second-order valence-electron chi connectivity index (χ2n) is 3.75. The average molecular weight is 322 g/mol. The quantitative estimate of drug-likeness (QED) is 0.487. The van der Waals surface area contributed by atoms with E-state index in [0.717, 1.165) is 6.20 Å². The number of ether oxygens (including phenoxy) is 2. The first kappa shape index (κ1) is 15.6. The monoisotopic (exact) mass is 321 g/mol. The number of aromatic nitrogens is 2. The summed E-state index contributed by atoms with van der Waals surface area (Å²) in [6.07, 6.45) is 2.33. The molecular formula is C14H9ClFN3O3. The van der Waals surface area contributed by atoms with Gasteiger partial charge in [0, 0.05) is 11.2 Å². The first-order valence-electron chi connectivity index (χ1n) is 5.91. The number of hydrogen-bond acceptors (Lipinski definition) is 6. The van der Waals surface area contributed by atoms with Crippen LogP contribution in [0.5, 0.6) is 11.8 Å². The Morgan fingerprint density at radius 1 is 1.32 bits per heavy atom. The fraction of sp³-hybridized carbons (Fsp3) is 0. The maximum absolute atomic E-state index is 13.4. The van der Waals surface area contributed by atoms with E-state index < -0.39 is 18.0 Å². The van der Waals surface area contributed by atoms with Gasteiger partial charge in [0.05, 0.1) is 6.20 Å². The van der Waals surface area contributed by atoms with Gasteiger partial charge in [0.1, 0.15) is 5.75 Å². The molecule has 1 aromatic heterocycles. The van der Waals surface area contributed by atoms with Gasteiger partial charge in [-0.05, 0) is 24.3 Å². The minimum absolute atomic E-state index is 0.224. The first-order valence-corrected chi connectivity index (χ1v) is 6.29. The van der Waals surface area contributed by atoms with Crippen LogP contribution in [0.25, 0.3) is 0 Å².